The number of para-hydroxylation sites is 1. The minimum atomic E-state index is -0.564. The molecule has 0 radical (unpaired) electrons. The second kappa shape index (κ2) is 6.70. The van der Waals surface area contributed by atoms with Crippen LogP contribution in [0.25, 0.3) is 0 Å². The van der Waals surface area contributed by atoms with E-state index in [9.17, 15) is 9.59 Å². The highest BCUT2D eigenvalue weighted by molar-refractivity contribution is 6.03. The fourth-order valence-corrected chi connectivity index (χ4v) is 1.88. The maximum atomic E-state index is 12.1. The van der Waals surface area contributed by atoms with Gasteiger partial charge >= 0.3 is 5.97 Å². The van der Waals surface area contributed by atoms with Crippen LogP contribution < -0.4 is 9.64 Å². The zero-order chi connectivity index (χ0) is 15.2. The number of aryl methyl sites for hydroxylation is 1. The van der Waals surface area contributed by atoms with Crippen molar-refractivity contribution in [2.45, 2.75) is 13.3 Å². The van der Waals surface area contributed by atoms with Crippen LogP contribution in [0.3, 0.4) is 0 Å². The zero-order valence-corrected chi connectivity index (χ0v) is 12.1. The molecule has 0 heterocycles. The number of benzene rings is 2. The van der Waals surface area contributed by atoms with Crippen LogP contribution in [-0.4, -0.2) is 18.9 Å². The Morgan fingerprint density at radius 2 is 1.76 bits per heavy atom. The lowest BCUT2D eigenvalue weighted by Crippen LogP contribution is -2.29. The van der Waals surface area contributed by atoms with E-state index in [1.165, 1.54) is 4.90 Å². The number of hydrogen-bond acceptors (Lipinski definition) is 3. The van der Waals surface area contributed by atoms with Crippen molar-refractivity contribution in [2.24, 2.45) is 0 Å². The van der Waals surface area contributed by atoms with E-state index in [4.69, 9.17) is 4.74 Å². The Balaban J connectivity index is 1.96. The molecule has 0 N–H and O–H groups in total. The summed E-state index contributed by atoms with van der Waals surface area (Å²) in [4.78, 5) is 25.3. The van der Waals surface area contributed by atoms with E-state index < -0.39 is 5.97 Å². The van der Waals surface area contributed by atoms with Gasteiger partial charge in [-0.1, -0.05) is 30.3 Å². The van der Waals surface area contributed by atoms with Gasteiger partial charge in [-0.05, 0) is 36.8 Å². The lowest BCUT2D eigenvalue weighted by Gasteiger charge is -2.17. The van der Waals surface area contributed by atoms with Gasteiger partial charge in [0.05, 0.1) is 0 Å². The third-order valence-electron chi connectivity index (χ3n) is 3.03. The molecule has 0 saturated heterocycles. The predicted octanol–water partition coefficient (Wildman–Crippen LogP) is 2.95. The number of carbonyl (C=O) groups is 2. The van der Waals surface area contributed by atoms with E-state index in [-0.39, 0.29) is 12.3 Å². The van der Waals surface area contributed by atoms with Crippen molar-refractivity contribution in [1.29, 1.82) is 0 Å². The first-order valence-electron chi connectivity index (χ1n) is 6.65. The van der Waals surface area contributed by atoms with E-state index in [1.807, 2.05) is 37.3 Å². The molecule has 0 aliphatic rings. The van der Waals surface area contributed by atoms with Crippen molar-refractivity contribution in [2.75, 3.05) is 11.9 Å². The van der Waals surface area contributed by atoms with Gasteiger partial charge in [-0.2, -0.15) is 0 Å². The summed E-state index contributed by atoms with van der Waals surface area (Å²) in [7, 11) is 1.65. The number of anilines is 1. The van der Waals surface area contributed by atoms with E-state index >= 15 is 0 Å². The predicted molar refractivity (Wildman–Crippen MR) is 81.3 cm³/mol. The molecule has 0 aromatic heterocycles. The van der Waals surface area contributed by atoms with Gasteiger partial charge in [0.15, 0.2) is 0 Å². The highest BCUT2D eigenvalue weighted by Crippen LogP contribution is 2.16. The summed E-state index contributed by atoms with van der Waals surface area (Å²) in [6, 6.07) is 16.2. The minimum Gasteiger partial charge on any atom is -0.426 e. The highest BCUT2D eigenvalue weighted by Gasteiger charge is 2.17. The summed E-state index contributed by atoms with van der Waals surface area (Å²) in [5, 5.41) is 0. The molecule has 2 aromatic carbocycles. The van der Waals surface area contributed by atoms with Crippen LogP contribution in [0.15, 0.2) is 54.6 Å². The van der Waals surface area contributed by atoms with Gasteiger partial charge in [0.1, 0.15) is 12.2 Å². The molecule has 0 atom stereocenters. The summed E-state index contributed by atoms with van der Waals surface area (Å²) in [6.07, 6.45) is -0.292. The van der Waals surface area contributed by atoms with Gasteiger partial charge in [0, 0.05) is 12.7 Å². The largest absolute Gasteiger partial charge is 0.426 e. The Bertz CT molecular complexity index is 637. The molecule has 108 valence electrons. The van der Waals surface area contributed by atoms with Crippen molar-refractivity contribution < 1.29 is 14.3 Å². The van der Waals surface area contributed by atoms with E-state index in [1.54, 1.807) is 31.3 Å². The van der Waals surface area contributed by atoms with Crippen molar-refractivity contribution >= 4 is 17.6 Å². The van der Waals surface area contributed by atoms with Gasteiger partial charge < -0.3 is 9.64 Å². The lowest BCUT2D eigenvalue weighted by molar-refractivity contribution is -0.137. The molecule has 2 aromatic rings. The third kappa shape index (κ3) is 4.18. The Kier molecular flexibility index (Phi) is 4.72. The summed E-state index contributed by atoms with van der Waals surface area (Å²) in [5.41, 5.74) is 1.81. The molecular formula is C17H17NO3. The number of esters is 1. The van der Waals surface area contributed by atoms with E-state index in [0.29, 0.717) is 5.75 Å². The second-order valence-electron chi connectivity index (χ2n) is 4.76. The van der Waals surface area contributed by atoms with Crippen molar-refractivity contribution in [3.05, 3.63) is 60.2 Å². The van der Waals surface area contributed by atoms with Gasteiger partial charge in [-0.3, -0.25) is 9.59 Å². The molecule has 21 heavy (non-hydrogen) atoms. The first-order chi connectivity index (χ1) is 10.1. The number of nitrogens with zero attached hydrogens (tertiary/aromatic N) is 1. The Morgan fingerprint density at radius 1 is 1.05 bits per heavy atom. The van der Waals surface area contributed by atoms with Crippen molar-refractivity contribution in [3.63, 3.8) is 0 Å². The second-order valence-corrected chi connectivity index (χ2v) is 4.76. The van der Waals surface area contributed by atoms with Crippen LogP contribution in [0, 0.1) is 6.92 Å². The average Bonchev–Trinajstić information content (AvgIpc) is 2.47. The molecule has 0 unspecified atom stereocenters. The third-order valence-corrected chi connectivity index (χ3v) is 3.03. The van der Waals surface area contributed by atoms with Gasteiger partial charge in [-0.25, -0.2) is 0 Å². The van der Waals surface area contributed by atoms with Crippen LogP contribution in [-0.2, 0) is 9.59 Å². The standard InChI is InChI=1S/C17H17NO3/c1-13-7-6-8-14(11-13)18(2)16(19)12-17(20)21-15-9-4-3-5-10-15/h3-11H,12H2,1-2H3. The quantitative estimate of drug-likeness (QED) is 0.492. The molecule has 1 amide bonds. The first kappa shape index (κ1) is 14.8. The van der Waals surface area contributed by atoms with Crippen LogP contribution in [0.1, 0.15) is 12.0 Å². The molecule has 0 spiro atoms. The van der Waals surface area contributed by atoms with Gasteiger partial charge in [-0.15, -0.1) is 0 Å². The molecule has 0 aliphatic carbocycles. The number of rotatable bonds is 4. The smallest absolute Gasteiger partial charge is 0.320 e. The summed E-state index contributed by atoms with van der Waals surface area (Å²) < 4.78 is 5.11. The van der Waals surface area contributed by atoms with Gasteiger partial charge in [0.25, 0.3) is 0 Å². The fraction of sp³-hybridized carbons (Fsp3) is 0.176. The Morgan fingerprint density at radius 3 is 2.43 bits per heavy atom. The number of carbonyl (C=O) groups excluding carboxylic acids is 2. The topological polar surface area (TPSA) is 46.6 Å². The molecule has 0 bridgehead atoms. The molecular weight excluding hydrogens is 266 g/mol. The number of amides is 1. The summed E-state index contributed by atoms with van der Waals surface area (Å²) in [5.74, 6) is -0.430. The Hall–Kier alpha value is -2.62. The van der Waals surface area contributed by atoms with Gasteiger partial charge in [0.2, 0.25) is 5.91 Å². The SMILES string of the molecule is Cc1cccc(N(C)C(=O)CC(=O)Oc2ccccc2)c1. The zero-order valence-electron chi connectivity index (χ0n) is 12.1. The van der Waals surface area contributed by atoms with E-state index in [2.05, 4.69) is 0 Å². The summed E-state index contributed by atoms with van der Waals surface area (Å²) in [6.45, 7) is 1.95. The van der Waals surface area contributed by atoms with Crippen LogP contribution >= 0.6 is 0 Å². The normalized spacial score (nSPS) is 10.0. The molecule has 4 heteroatoms. The summed E-state index contributed by atoms with van der Waals surface area (Å²) >= 11 is 0. The highest BCUT2D eigenvalue weighted by atomic mass is 16.5. The van der Waals surface area contributed by atoms with Crippen molar-refractivity contribution in [1.82, 2.24) is 0 Å². The van der Waals surface area contributed by atoms with Crippen LogP contribution in [0.5, 0.6) is 5.75 Å². The first-order valence-corrected chi connectivity index (χ1v) is 6.65. The van der Waals surface area contributed by atoms with Crippen molar-refractivity contribution in [3.8, 4) is 5.75 Å². The monoisotopic (exact) mass is 283 g/mol. The fourth-order valence-electron chi connectivity index (χ4n) is 1.88. The molecule has 0 saturated carbocycles. The van der Waals surface area contributed by atoms with E-state index in [0.717, 1.165) is 11.3 Å². The maximum absolute atomic E-state index is 12.1. The minimum absolute atomic E-state index is 0.292. The maximum Gasteiger partial charge on any atom is 0.320 e. The van der Waals surface area contributed by atoms with Crippen LogP contribution in [0.4, 0.5) is 5.69 Å². The molecule has 4 nitrogen and oxygen atoms in total. The molecule has 0 fully saturated rings. The lowest BCUT2D eigenvalue weighted by atomic mass is 10.2. The molecule has 2 rings (SSSR count). The van der Waals surface area contributed by atoms with Crippen LogP contribution in [0.2, 0.25) is 0 Å². The Labute approximate surface area is 124 Å². The average molecular weight is 283 g/mol. The number of hydrogen-bond donors (Lipinski definition) is 0. The molecule has 0 aliphatic heterocycles. The number of ether oxygens (including phenoxy) is 1.